The van der Waals surface area contributed by atoms with Crippen LogP contribution in [-0.2, 0) is 16.1 Å². The van der Waals surface area contributed by atoms with Crippen LogP contribution < -0.4 is 0 Å². The summed E-state index contributed by atoms with van der Waals surface area (Å²) in [4.78, 5) is 11.6. The van der Waals surface area contributed by atoms with E-state index in [-0.39, 0.29) is 18.9 Å². The van der Waals surface area contributed by atoms with Crippen molar-refractivity contribution < 1.29 is 14.6 Å². The molecule has 0 bridgehead atoms. The van der Waals surface area contributed by atoms with Crippen LogP contribution in [0, 0.1) is 0 Å². The van der Waals surface area contributed by atoms with Gasteiger partial charge >= 0.3 is 5.97 Å². The first kappa shape index (κ1) is 15.4. The molecule has 0 fully saturated rings. The molecule has 10 heteroatoms. The van der Waals surface area contributed by atoms with Gasteiger partial charge in [0.25, 0.3) is 0 Å². The quantitative estimate of drug-likeness (QED) is 0.798. The first-order valence-corrected chi connectivity index (χ1v) is 7.13. The number of ether oxygens (including phenoxy) is 1. The summed E-state index contributed by atoms with van der Waals surface area (Å²) in [7, 11) is 1.46. The number of nitrogens with zero attached hydrogens (tertiary/aromatic N) is 6. The topological polar surface area (TPSA) is 116 Å². The van der Waals surface area contributed by atoms with Gasteiger partial charge in [0.05, 0.1) is 24.8 Å². The van der Waals surface area contributed by atoms with E-state index in [2.05, 4.69) is 25.1 Å². The highest BCUT2D eigenvalue weighted by molar-refractivity contribution is 7.09. The Morgan fingerprint density at radius 3 is 2.81 bits per heavy atom. The van der Waals surface area contributed by atoms with Gasteiger partial charge in [-0.05, 0) is 27.9 Å². The van der Waals surface area contributed by atoms with Gasteiger partial charge in [0.15, 0.2) is 5.82 Å². The lowest BCUT2D eigenvalue weighted by molar-refractivity contribution is -0.140. The highest BCUT2D eigenvalue weighted by Gasteiger charge is 2.22. The zero-order chi connectivity index (χ0) is 15.4. The maximum Gasteiger partial charge on any atom is 0.306 e. The standard InChI is InChI=1S/C11H16N6O3S/c1-6(2)9-10(21-16-12-9)11-13-14-15-17(11)5-7(20-3)4-8(18)19/h6-7H,4-5H2,1-3H3,(H,18,19). The van der Waals surface area contributed by atoms with E-state index in [1.165, 1.54) is 23.3 Å². The molecule has 2 aromatic rings. The first-order chi connectivity index (χ1) is 10.0. The Kier molecular flexibility index (Phi) is 4.91. The summed E-state index contributed by atoms with van der Waals surface area (Å²) in [5.41, 5.74) is 0.822. The summed E-state index contributed by atoms with van der Waals surface area (Å²) < 4.78 is 10.6. The average molecular weight is 312 g/mol. The number of aromatic nitrogens is 6. The third kappa shape index (κ3) is 3.58. The number of hydrogen-bond donors (Lipinski definition) is 1. The van der Waals surface area contributed by atoms with Crippen LogP contribution in [0.2, 0.25) is 0 Å². The summed E-state index contributed by atoms with van der Waals surface area (Å²) in [5, 5.41) is 24.5. The zero-order valence-electron chi connectivity index (χ0n) is 11.9. The van der Waals surface area contributed by atoms with Crippen LogP contribution in [0.3, 0.4) is 0 Å². The number of methoxy groups -OCH3 is 1. The van der Waals surface area contributed by atoms with Crippen molar-refractivity contribution in [2.45, 2.75) is 38.8 Å². The minimum atomic E-state index is -0.932. The Balaban J connectivity index is 2.26. The van der Waals surface area contributed by atoms with E-state index in [9.17, 15) is 4.79 Å². The predicted molar refractivity (Wildman–Crippen MR) is 73.9 cm³/mol. The largest absolute Gasteiger partial charge is 0.481 e. The van der Waals surface area contributed by atoms with Gasteiger partial charge in [-0.15, -0.1) is 10.2 Å². The maximum absolute atomic E-state index is 10.8. The Hall–Kier alpha value is -1.94. The van der Waals surface area contributed by atoms with Crippen molar-refractivity contribution >= 4 is 17.5 Å². The molecule has 2 aromatic heterocycles. The first-order valence-electron chi connectivity index (χ1n) is 6.36. The Bertz CT molecular complexity index is 611. The molecule has 0 spiro atoms. The van der Waals surface area contributed by atoms with Crippen molar-refractivity contribution in [1.29, 1.82) is 0 Å². The lowest BCUT2D eigenvalue weighted by Gasteiger charge is -2.13. The molecule has 21 heavy (non-hydrogen) atoms. The number of rotatable bonds is 7. The molecule has 0 aromatic carbocycles. The van der Waals surface area contributed by atoms with Crippen molar-refractivity contribution in [1.82, 2.24) is 29.8 Å². The van der Waals surface area contributed by atoms with E-state index in [1.54, 1.807) is 0 Å². The van der Waals surface area contributed by atoms with E-state index in [0.717, 1.165) is 10.6 Å². The number of tetrazole rings is 1. The molecule has 0 amide bonds. The molecule has 114 valence electrons. The second kappa shape index (κ2) is 6.68. The smallest absolute Gasteiger partial charge is 0.306 e. The minimum Gasteiger partial charge on any atom is -0.481 e. The van der Waals surface area contributed by atoms with Gasteiger partial charge < -0.3 is 9.84 Å². The fourth-order valence-corrected chi connectivity index (χ4v) is 2.64. The van der Waals surface area contributed by atoms with Crippen LogP contribution in [0.4, 0.5) is 0 Å². The maximum atomic E-state index is 10.8. The lowest BCUT2D eigenvalue weighted by atomic mass is 10.1. The molecule has 0 aliphatic heterocycles. The van der Waals surface area contributed by atoms with Crippen molar-refractivity contribution in [2.24, 2.45) is 0 Å². The summed E-state index contributed by atoms with van der Waals surface area (Å²) in [6.07, 6.45) is -0.624. The van der Waals surface area contributed by atoms with Gasteiger partial charge in [0, 0.05) is 7.11 Å². The van der Waals surface area contributed by atoms with Crippen LogP contribution in [-0.4, -0.2) is 54.1 Å². The molecule has 1 atom stereocenters. The summed E-state index contributed by atoms with van der Waals surface area (Å²) in [6.45, 7) is 4.27. The van der Waals surface area contributed by atoms with Crippen molar-refractivity contribution in [3.63, 3.8) is 0 Å². The molecule has 2 heterocycles. The highest BCUT2D eigenvalue weighted by atomic mass is 32.1. The van der Waals surface area contributed by atoms with Crippen LogP contribution in [0.15, 0.2) is 0 Å². The molecular formula is C11H16N6O3S. The van der Waals surface area contributed by atoms with Crippen LogP contribution in [0.1, 0.15) is 31.9 Å². The van der Waals surface area contributed by atoms with Gasteiger partial charge in [0.1, 0.15) is 4.88 Å². The number of carboxylic acid groups (broad SMARTS) is 1. The van der Waals surface area contributed by atoms with Gasteiger partial charge in [-0.3, -0.25) is 4.79 Å². The van der Waals surface area contributed by atoms with E-state index >= 15 is 0 Å². The van der Waals surface area contributed by atoms with Gasteiger partial charge in [-0.25, -0.2) is 4.68 Å². The number of hydrogen-bond acceptors (Lipinski definition) is 8. The number of aliphatic carboxylic acids is 1. The summed E-state index contributed by atoms with van der Waals surface area (Å²) >= 11 is 1.22. The fraction of sp³-hybridized carbons (Fsp3) is 0.636. The molecule has 9 nitrogen and oxygen atoms in total. The predicted octanol–water partition coefficient (Wildman–Crippen LogP) is 0.805. The minimum absolute atomic E-state index is 0.117. The van der Waals surface area contributed by atoms with Crippen molar-refractivity contribution in [3.8, 4) is 10.7 Å². The van der Waals surface area contributed by atoms with Crippen LogP contribution in [0.5, 0.6) is 0 Å². The molecule has 0 saturated heterocycles. The normalized spacial score (nSPS) is 12.8. The van der Waals surface area contributed by atoms with E-state index in [0.29, 0.717) is 5.82 Å². The molecule has 2 rings (SSSR count). The van der Waals surface area contributed by atoms with Crippen molar-refractivity contribution in [3.05, 3.63) is 5.69 Å². The molecule has 0 saturated carbocycles. The third-order valence-electron chi connectivity index (χ3n) is 2.91. The molecule has 1 unspecified atom stereocenters. The molecule has 1 N–H and O–H groups in total. The Labute approximate surface area is 125 Å². The van der Waals surface area contributed by atoms with Gasteiger partial charge in [-0.2, -0.15) is 0 Å². The van der Waals surface area contributed by atoms with Crippen LogP contribution in [0.25, 0.3) is 10.7 Å². The number of carboxylic acids is 1. The van der Waals surface area contributed by atoms with Crippen LogP contribution >= 0.6 is 11.5 Å². The summed E-state index contributed by atoms with van der Waals surface area (Å²) in [6, 6.07) is 0. The average Bonchev–Trinajstić information content (AvgIpc) is 3.04. The fourth-order valence-electron chi connectivity index (χ4n) is 1.83. The lowest BCUT2D eigenvalue weighted by Crippen LogP contribution is -2.23. The van der Waals surface area contributed by atoms with Gasteiger partial charge in [-0.1, -0.05) is 18.3 Å². The van der Waals surface area contributed by atoms with Crippen molar-refractivity contribution in [2.75, 3.05) is 7.11 Å². The van der Waals surface area contributed by atoms with E-state index < -0.39 is 12.1 Å². The van der Waals surface area contributed by atoms with E-state index in [4.69, 9.17) is 9.84 Å². The molecule has 0 aliphatic rings. The molecule has 0 aliphatic carbocycles. The van der Waals surface area contributed by atoms with E-state index in [1.807, 2.05) is 13.8 Å². The molecule has 0 radical (unpaired) electrons. The number of carbonyl (C=O) groups is 1. The third-order valence-corrected chi connectivity index (χ3v) is 3.64. The SMILES string of the molecule is COC(CC(=O)O)Cn1nnnc1-c1snnc1C(C)C. The Morgan fingerprint density at radius 1 is 1.43 bits per heavy atom. The Morgan fingerprint density at radius 2 is 2.19 bits per heavy atom. The molecular weight excluding hydrogens is 296 g/mol. The monoisotopic (exact) mass is 312 g/mol. The van der Waals surface area contributed by atoms with Gasteiger partial charge in [0.2, 0.25) is 0 Å². The zero-order valence-corrected chi connectivity index (χ0v) is 12.7. The second-order valence-corrected chi connectivity index (χ2v) is 5.54. The second-order valence-electron chi connectivity index (χ2n) is 4.78. The highest BCUT2D eigenvalue weighted by Crippen LogP contribution is 2.28. The summed E-state index contributed by atoms with van der Waals surface area (Å²) in [5.74, 6) is -0.207.